The van der Waals surface area contributed by atoms with Crippen LogP contribution in [-0.4, -0.2) is 29.4 Å². The fourth-order valence-electron chi connectivity index (χ4n) is 2.27. The van der Waals surface area contributed by atoms with E-state index in [9.17, 15) is 9.59 Å². The average Bonchev–Trinajstić information content (AvgIpc) is 3.16. The third-order valence-corrected chi connectivity index (χ3v) is 3.38. The highest BCUT2D eigenvalue weighted by molar-refractivity contribution is 6.20. The van der Waals surface area contributed by atoms with Gasteiger partial charge in [-0.3, -0.25) is 4.79 Å². The highest BCUT2D eigenvalue weighted by Gasteiger charge is 2.44. The molecule has 0 aromatic heterocycles. The lowest BCUT2D eigenvalue weighted by molar-refractivity contribution is -0.116. The van der Waals surface area contributed by atoms with Gasteiger partial charge in [-0.1, -0.05) is 12.1 Å². The zero-order chi connectivity index (χ0) is 12.7. The van der Waals surface area contributed by atoms with Gasteiger partial charge in [-0.15, -0.1) is 0 Å². The van der Waals surface area contributed by atoms with Gasteiger partial charge in [-0.2, -0.15) is 0 Å². The Hall–Kier alpha value is -1.88. The first kappa shape index (κ1) is 11.2. The molecule has 1 saturated carbocycles. The molecule has 3 rings (SSSR count). The van der Waals surface area contributed by atoms with E-state index in [0.29, 0.717) is 12.2 Å². The molecular weight excluding hydrogens is 230 g/mol. The summed E-state index contributed by atoms with van der Waals surface area (Å²) in [5, 5.41) is 0. The van der Waals surface area contributed by atoms with E-state index in [-0.39, 0.29) is 24.5 Å². The highest BCUT2D eigenvalue weighted by atomic mass is 16.2. The predicted octanol–water partition coefficient (Wildman–Crippen LogP) is 1.08. The number of carbonyl (C=O) groups excluding carboxylic acids is 2. The molecule has 1 saturated heterocycles. The van der Waals surface area contributed by atoms with Crippen LogP contribution in [0.4, 0.5) is 10.5 Å². The van der Waals surface area contributed by atoms with Crippen molar-refractivity contribution in [1.82, 2.24) is 4.90 Å². The van der Waals surface area contributed by atoms with E-state index in [4.69, 9.17) is 5.73 Å². The molecule has 3 amide bonds. The second-order valence-electron chi connectivity index (χ2n) is 4.74. The van der Waals surface area contributed by atoms with Crippen molar-refractivity contribution in [3.63, 3.8) is 0 Å². The van der Waals surface area contributed by atoms with E-state index in [1.54, 1.807) is 17.0 Å². The summed E-state index contributed by atoms with van der Waals surface area (Å²) in [5.74, 6) is -0.152. The highest BCUT2D eigenvalue weighted by Crippen LogP contribution is 2.32. The van der Waals surface area contributed by atoms with Gasteiger partial charge in [0.1, 0.15) is 6.54 Å². The normalized spacial score (nSPS) is 19.8. The van der Waals surface area contributed by atoms with Gasteiger partial charge < -0.3 is 10.6 Å². The van der Waals surface area contributed by atoms with Crippen LogP contribution in [-0.2, 0) is 11.3 Å². The summed E-state index contributed by atoms with van der Waals surface area (Å²) >= 11 is 0. The third-order valence-electron chi connectivity index (χ3n) is 3.38. The Morgan fingerprint density at radius 3 is 2.72 bits per heavy atom. The van der Waals surface area contributed by atoms with Gasteiger partial charge in [0.25, 0.3) is 5.91 Å². The Morgan fingerprint density at radius 1 is 1.28 bits per heavy atom. The van der Waals surface area contributed by atoms with Gasteiger partial charge in [0.15, 0.2) is 0 Å². The summed E-state index contributed by atoms with van der Waals surface area (Å²) in [7, 11) is 0. The monoisotopic (exact) mass is 245 g/mol. The van der Waals surface area contributed by atoms with E-state index in [1.165, 1.54) is 4.90 Å². The lowest BCUT2D eigenvalue weighted by Crippen LogP contribution is -2.34. The smallest absolute Gasteiger partial charge is 0.326 e. The SMILES string of the molecule is NCc1cccc(N2C(=O)CN(C3CC3)C2=O)c1. The van der Waals surface area contributed by atoms with Gasteiger partial charge in [0.05, 0.1) is 5.69 Å². The van der Waals surface area contributed by atoms with Gasteiger partial charge in [-0.25, -0.2) is 9.69 Å². The van der Waals surface area contributed by atoms with Crippen molar-refractivity contribution in [1.29, 1.82) is 0 Å². The molecule has 1 aliphatic heterocycles. The molecule has 1 aromatic rings. The number of carbonyl (C=O) groups is 2. The maximum absolute atomic E-state index is 12.2. The number of urea groups is 1. The number of imide groups is 1. The van der Waals surface area contributed by atoms with Crippen molar-refractivity contribution in [2.45, 2.75) is 25.4 Å². The minimum atomic E-state index is -0.198. The summed E-state index contributed by atoms with van der Waals surface area (Å²) in [6.07, 6.45) is 2.02. The fourth-order valence-corrected chi connectivity index (χ4v) is 2.27. The second kappa shape index (κ2) is 4.10. The standard InChI is InChI=1S/C13H15N3O2/c14-7-9-2-1-3-11(6-9)16-12(17)8-15(13(16)18)10-4-5-10/h1-3,6,10H,4-5,7-8,14H2. The van der Waals surface area contributed by atoms with E-state index < -0.39 is 0 Å². The number of nitrogens with zero attached hydrogens (tertiary/aromatic N) is 2. The summed E-state index contributed by atoms with van der Waals surface area (Å²) in [6.45, 7) is 0.604. The molecule has 5 heteroatoms. The van der Waals surface area contributed by atoms with Gasteiger partial charge >= 0.3 is 6.03 Å². The van der Waals surface area contributed by atoms with E-state index in [0.717, 1.165) is 18.4 Å². The van der Waals surface area contributed by atoms with Crippen molar-refractivity contribution < 1.29 is 9.59 Å². The molecule has 94 valence electrons. The molecule has 1 heterocycles. The number of amides is 3. The number of nitrogens with two attached hydrogens (primary N) is 1. The van der Waals surface area contributed by atoms with Crippen LogP contribution in [0.25, 0.3) is 0 Å². The summed E-state index contributed by atoms with van der Waals surface area (Å²) < 4.78 is 0. The first-order valence-corrected chi connectivity index (χ1v) is 6.13. The number of hydrogen-bond donors (Lipinski definition) is 1. The predicted molar refractivity (Wildman–Crippen MR) is 66.9 cm³/mol. The van der Waals surface area contributed by atoms with E-state index >= 15 is 0 Å². The lowest BCUT2D eigenvalue weighted by Gasteiger charge is -2.17. The van der Waals surface area contributed by atoms with E-state index in [1.807, 2.05) is 12.1 Å². The maximum Gasteiger partial charge on any atom is 0.332 e. The van der Waals surface area contributed by atoms with Crippen molar-refractivity contribution >= 4 is 17.6 Å². The van der Waals surface area contributed by atoms with Crippen molar-refractivity contribution in [3.8, 4) is 0 Å². The largest absolute Gasteiger partial charge is 0.332 e. The number of rotatable bonds is 3. The lowest BCUT2D eigenvalue weighted by atomic mass is 10.2. The summed E-state index contributed by atoms with van der Waals surface area (Å²) in [4.78, 5) is 27.1. The van der Waals surface area contributed by atoms with Crippen LogP contribution in [0, 0.1) is 0 Å². The topological polar surface area (TPSA) is 66.6 Å². The van der Waals surface area contributed by atoms with Crippen LogP contribution in [0.5, 0.6) is 0 Å². The molecule has 5 nitrogen and oxygen atoms in total. The maximum atomic E-state index is 12.2. The Morgan fingerprint density at radius 2 is 2.06 bits per heavy atom. The van der Waals surface area contributed by atoms with Gasteiger partial charge in [0.2, 0.25) is 0 Å². The van der Waals surface area contributed by atoms with Crippen LogP contribution < -0.4 is 10.6 Å². The van der Waals surface area contributed by atoms with Crippen LogP contribution in [0.2, 0.25) is 0 Å². The number of benzene rings is 1. The number of hydrogen-bond acceptors (Lipinski definition) is 3. The second-order valence-corrected chi connectivity index (χ2v) is 4.74. The molecule has 0 spiro atoms. The molecule has 2 N–H and O–H groups in total. The molecule has 1 aliphatic carbocycles. The van der Waals surface area contributed by atoms with Crippen molar-refractivity contribution in [3.05, 3.63) is 29.8 Å². The average molecular weight is 245 g/mol. The summed E-state index contributed by atoms with van der Waals surface area (Å²) in [6, 6.07) is 7.34. The zero-order valence-corrected chi connectivity index (χ0v) is 10.0. The summed E-state index contributed by atoms with van der Waals surface area (Å²) in [5.41, 5.74) is 7.11. The van der Waals surface area contributed by atoms with Gasteiger partial charge in [-0.05, 0) is 30.5 Å². The van der Waals surface area contributed by atoms with Crippen LogP contribution in [0.3, 0.4) is 0 Å². The van der Waals surface area contributed by atoms with Crippen LogP contribution in [0.15, 0.2) is 24.3 Å². The molecule has 0 bridgehead atoms. The first-order valence-electron chi connectivity index (χ1n) is 6.13. The van der Waals surface area contributed by atoms with Gasteiger partial charge in [0, 0.05) is 12.6 Å². The Labute approximate surface area is 105 Å². The molecule has 2 aliphatic rings. The van der Waals surface area contributed by atoms with Crippen LogP contribution in [0.1, 0.15) is 18.4 Å². The van der Waals surface area contributed by atoms with Crippen molar-refractivity contribution in [2.75, 3.05) is 11.4 Å². The number of anilines is 1. The van der Waals surface area contributed by atoms with Crippen LogP contribution >= 0.6 is 0 Å². The minimum absolute atomic E-state index is 0.152. The molecule has 0 radical (unpaired) electrons. The molecular formula is C13H15N3O2. The Kier molecular flexibility index (Phi) is 2.56. The molecule has 0 atom stereocenters. The Bertz CT molecular complexity index is 511. The Balaban J connectivity index is 1.90. The van der Waals surface area contributed by atoms with E-state index in [2.05, 4.69) is 0 Å². The fraction of sp³-hybridized carbons (Fsp3) is 0.385. The third kappa shape index (κ3) is 1.76. The first-order chi connectivity index (χ1) is 8.70. The quantitative estimate of drug-likeness (QED) is 0.810. The molecule has 0 unspecified atom stereocenters. The molecule has 18 heavy (non-hydrogen) atoms. The molecule has 1 aromatic carbocycles. The minimum Gasteiger partial charge on any atom is -0.326 e. The zero-order valence-electron chi connectivity index (χ0n) is 10.0. The van der Waals surface area contributed by atoms with Crippen molar-refractivity contribution in [2.24, 2.45) is 5.73 Å². The molecule has 2 fully saturated rings.